The molecule has 11 heteroatoms. The number of amides is 1. The largest absolute Gasteiger partial charge is 0.433 e. The molecule has 0 unspecified atom stereocenters. The number of alkyl halides is 3. The van der Waals surface area contributed by atoms with Gasteiger partial charge in [0.05, 0.1) is 21.8 Å². The molecule has 1 heterocycles. The van der Waals surface area contributed by atoms with Crippen LogP contribution in [-0.2, 0) is 6.18 Å². The summed E-state index contributed by atoms with van der Waals surface area (Å²) < 4.78 is 39.5. The van der Waals surface area contributed by atoms with Crippen molar-refractivity contribution in [3.05, 3.63) is 86.0 Å². The quantitative estimate of drug-likeness (QED) is 0.296. The molecule has 2 N–H and O–H groups in total. The lowest BCUT2D eigenvalue weighted by Gasteiger charge is -2.15. The van der Waals surface area contributed by atoms with E-state index < -0.39 is 17.8 Å². The van der Waals surface area contributed by atoms with Gasteiger partial charge in [0, 0.05) is 16.3 Å². The van der Waals surface area contributed by atoms with Crippen LogP contribution in [0.1, 0.15) is 27.2 Å². The summed E-state index contributed by atoms with van der Waals surface area (Å²) in [7, 11) is 0. The van der Waals surface area contributed by atoms with Crippen LogP contribution in [0, 0.1) is 6.92 Å². The first kappa shape index (κ1) is 23.8. The highest BCUT2D eigenvalue weighted by Gasteiger charge is 2.33. The highest BCUT2D eigenvalue weighted by atomic mass is 35.5. The molecule has 3 aromatic rings. The van der Waals surface area contributed by atoms with Crippen molar-refractivity contribution >= 4 is 58.4 Å². The van der Waals surface area contributed by atoms with Crippen molar-refractivity contribution in [1.29, 1.82) is 0 Å². The summed E-state index contributed by atoms with van der Waals surface area (Å²) in [5, 5.41) is 7.64. The minimum absolute atomic E-state index is 0.158. The molecule has 32 heavy (non-hydrogen) atoms. The average Bonchev–Trinajstić information content (AvgIpc) is 2.71. The molecule has 0 saturated carbocycles. The molecular formula is C21H14Cl3F3N4O. The van der Waals surface area contributed by atoms with E-state index in [1.165, 1.54) is 6.21 Å². The van der Waals surface area contributed by atoms with Crippen LogP contribution in [0.3, 0.4) is 0 Å². The van der Waals surface area contributed by atoms with E-state index in [9.17, 15) is 18.0 Å². The lowest BCUT2D eigenvalue weighted by molar-refractivity contribution is -0.141. The van der Waals surface area contributed by atoms with Crippen molar-refractivity contribution in [2.75, 3.05) is 5.32 Å². The minimum Gasteiger partial charge on any atom is -0.339 e. The van der Waals surface area contributed by atoms with Crippen molar-refractivity contribution in [3.63, 3.8) is 0 Å². The van der Waals surface area contributed by atoms with E-state index in [2.05, 4.69) is 20.8 Å². The number of pyridine rings is 1. The summed E-state index contributed by atoms with van der Waals surface area (Å²) in [6.45, 7) is 1.71. The van der Waals surface area contributed by atoms with Crippen LogP contribution < -0.4 is 10.7 Å². The number of nitrogens with zero attached hydrogens (tertiary/aromatic N) is 2. The molecule has 0 atom stereocenters. The number of halogens is 6. The van der Waals surface area contributed by atoms with Crippen LogP contribution in [0.5, 0.6) is 0 Å². The fourth-order valence-corrected chi connectivity index (χ4v) is 3.36. The van der Waals surface area contributed by atoms with E-state index >= 15 is 0 Å². The number of anilines is 2. The zero-order chi connectivity index (χ0) is 23.5. The summed E-state index contributed by atoms with van der Waals surface area (Å²) in [6, 6.07) is 11.3. The summed E-state index contributed by atoms with van der Waals surface area (Å²) in [6.07, 6.45) is -3.46. The topological polar surface area (TPSA) is 66.4 Å². The molecule has 0 aliphatic carbocycles. The first-order chi connectivity index (χ1) is 15.1. The lowest BCUT2D eigenvalue weighted by Crippen LogP contribution is -2.21. The van der Waals surface area contributed by atoms with E-state index in [4.69, 9.17) is 34.8 Å². The molecule has 2 aromatic carbocycles. The number of hydrogen-bond acceptors (Lipinski definition) is 4. The van der Waals surface area contributed by atoms with Gasteiger partial charge in [0.2, 0.25) is 0 Å². The van der Waals surface area contributed by atoms with Gasteiger partial charge in [-0.25, -0.2) is 10.4 Å². The van der Waals surface area contributed by atoms with E-state index in [1.54, 1.807) is 43.3 Å². The van der Waals surface area contributed by atoms with E-state index in [0.717, 1.165) is 6.07 Å². The van der Waals surface area contributed by atoms with Gasteiger partial charge >= 0.3 is 6.18 Å². The normalized spacial score (nSPS) is 11.6. The van der Waals surface area contributed by atoms with Crippen molar-refractivity contribution in [2.24, 2.45) is 5.10 Å². The monoisotopic (exact) mass is 500 g/mol. The molecule has 5 nitrogen and oxygen atoms in total. The summed E-state index contributed by atoms with van der Waals surface area (Å²) in [4.78, 5) is 16.2. The Morgan fingerprint density at radius 3 is 2.38 bits per heavy atom. The maximum absolute atomic E-state index is 13.2. The van der Waals surface area contributed by atoms with Crippen LogP contribution in [0.2, 0.25) is 15.1 Å². The van der Waals surface area contributed by atoms with Crippen LogP contribution in [0.15, 0.2) is 53.6 Å². The van der Waals surface area contributed by atoms with Crippen molar-refractivity contribution < 1.29 is 18.0 Å². The van der Waals surface area contributed by atoms with Gasteiger partial charge in [-0.3, -0.25) is 4.79 Å². The van der Waals surface area contributed by atoms with Crippen LogP contribution in [0.25, 0.3) is 0 Å². The number of benzene rings is 2. The Kier molecular flexibility index (Phi) is 7.28. The van der Waals surface area contributed by atoms with Crippen LogP contribution in [0.4, 0.5) is 24.7 Å². The third kappa shape index (κ3) is 5.70. The standard InChI is InChI=1S/C21H14Cl3F3N4O/c1-11-9-12(22)5-7-17(11)29-19-13(6-8-18(30-19)21(25,26)27)20(32)31-28-10-14-15(23)3-2-4-16(14)24/h2-10H,1H3,(H,29,30)(H,31,32)/b28-10+. The van der Waals surface area contributed by atoms with E-state index in [-0.39, 0.29) is 11.4 Å². The van der Waals surface area contributed by atoms with Gasteiger partial charge in [-0.05, 0) is 55.0 Å². The molecule has 1 aromatic heterocycles. The Bertz CT molecular complexity index is 1180. The number of nitrogens with one attached hydrogen (secondary N) is 2. The first-order valence-corrected chi connectivity index (χ1v) is 10.1. The van der Waals surface area contributed by atoms with Gasteiger partial charge in [-0.2, -0.15) is 18.3 Å². The molecule has 0 aliphatic rings. The molecule has 3 rings (SSSR count). The zero-order valence-electron chi connectivity index (χ0n) is 16.3. The molecule has 0 spiro atoms. The fourth-order valence-electron chi connectivity index (χ4n) is 2.64. The minimum atomic E-state index is -4.70. The number of carbonyl (C=O) groups excluding carboxylic acids is 1. The zero-order valence-corrected chi connectivity index (χ0v) is 18.5. The van der Waals surface area contributed by atoms with Gasteiger partial charge in [-0.1, -0.05) is 40.9 Å². The fraction of sp³-hybridized carbons (Fsp3) is 0.0952. The molecular weight excluding hydrogens is 488 g/mol. The Morgan fingerprint density at radius 1 is 1.06 bits per heavy atom. The second-order valence-electron chi connectivity index (χ2n) is 6.51. The van der Waals surface area contributed by atoms with Gasteiger partial charge in [-0.15, -0.1) is 0 Å². The number of carbonyl (C=O) groups is 1. The van der Waals surface area contributed by atoms with Crippen molar-refractivity contribution in [3.8, 4) is 0 Å². The average molecular weight is 502 g/mol. The molecule has 0 fully saturated rings. The molecule has 0 saturated heterocycles. The summed E-state index contributed by atoms with van der Waals surface area (Å²) in [5.41, 5.74) is 2.38. The number of aryl methyl sites for hydroxylation is 1. The maximum Gasteiger partial charge on any atom is 0.433 e. The van der Waals surface area contributed by atoms with Crippen LogP contribution in [-0.4, -0.2) is 17.1 Å². The number of hydrogen-bond donors (Lipinski definition) is 2. The second kappa shape index (κ2) is 9.77. The number of rotatable bonds is 5. The van der Waals surface area contributed by atoms with Gasteiger partial charge in [0.25, 0.3) is 5.91 Å². The highest BCUT2D eigenvalue weighted by molar-refractivity contribution is 6.38. The molecule has 166 valence electrons. The smallest absolute Gasteiger partial charge is 0.339 e. The summed E-state index contributed by atoms with van der Waals surface area (Å²) in [5.74, 6) is -1.09. The number of aromatic nitrogens is 1. The van der Waals surface area contributed by atoms with Gasteiger partial charge in [0.1, 0.15) is 11.5 Å². The Balaban J connectivity index is 1.92. The predicted molar refractivity (Wildman–Crippen MR) is 120 cm³/mol. The van der Waals surface area contributed by atoms with Crippen molar-refractivity contribution in [2.45, 2.75) is 13.1 Å². The highest BCUT2D eigenvalue weighted by Crippen LogP contribution is 2.31. The molecule has 0 radical (unpaired) electrons. The van der Waals surface area contributed by atoms with Gasteiger partial charge < -0.3 is 5.32 Å². The molecule has 0 bridgehead atoms. The third-order valence-corrected chi connectivity index (χ3v) is 5.13. The Morgan fingerprint density at radius 2 is 1.75 bits per heavy atom. The van der Waals surface area contributed by atoms with E-state index in [0.29, 0.717) is 37.9 Å². The maximum atomic E-state index is 13.2. The first-order valence-electron chi connectivity index (χ1n) is 8.95. The van der Waals surface area contributed by atoms with Crippen LogP contribution >= 0.6 is 34.8 Å². The summed E-state index contributed by atoms with van der Waals surface area (Å²) >= 11 is 18.0. The van der Waals surface area contributed by atoms with Crippen molar-refractivity contribution in [1.82, 2.24) is 10.4 Å². The second-order valence-corrected chi connectivity index (χ2v) is 7.76. The third-order valence-electron chi connectivity index (χ3n) is 4.23. The predicted octanol–water partition coefficient (Wildman–Crippen LogP) is 6.88. The molecule has 1 amide bonds. The SMILES string of the molecule is Cc1cc(Cl)ccc1Nc1nc(C(F)(F)F)ccc1C(=O)N/N=C/c1c(Cl)cccc1Cl. The lowest BCUT2D eigenvalue weighted by atomic mass is 10.1. The molecule has 0 aliphatic heterocycles. The Hall–Kier alpha value is -2.81. The number of hydrazone groups is 1. The van der Waals surface area contributed by atoms with Gasteiger partial charge in [0.15, 0.2) is 0 Å². The van der Waals surface area contributed by atoms with E-state index in [1.807, 2.05) is 0 Å². The Labute approximate surface area is 196 Å².